The van der Waals surface area contributed by atoms with Gasteiger partial charge in [-0.25, -0.2) is 8.42 Å². The third-order valence-electron chi connectivity index (χ3n) is 3.68. The van der Waals surface area contributed by atoms with Crippen LogP contribution in [0.3, 0.4) is 0 Å². The van der Waals surface area contributed by atoms with Crippen LogP contribution in [0, 0.1) is 11.3 Å². The number of benzene rings is 1. The highest BCUT2D eigenvalue weighted by atomic mass is 32.2. The molecule has 1 fully saturated rings. The van der Waals surface area contributed by atoms with Crippen molar-refractivity contribution in [3.05, 3.63) is 46.2 Å². The Morgan fingerprint density at radius 3 is 2.56 bits per heavy atom. The number of nitrogens with zero attached hydrogens (tertiary/aromatic N) is 2. The van der Waals surface area contributed by atoms with Gasteiger partial charge in [-0.3, -0.25) is 4.79 Å². The summed E-state index contributed by atoms with van der Waals surface area (Å²) in [6.45, 7) is 1.36. The second-order valence-electron chi connectivity index (χ2n) is 5.31. The largest absolute Gasteiger partial charge is 0.379 e. The summed E-state index contributed by atoms with van der Waals surface area (Å²) in [5.41, 5.74) is 1.03. The molecule has 0 radical (unpaired) electrons. The van der Waals surface area contributed by atoms with Crippen LogP contribution in [0.1, 0.15) is 15.2 Å². The lowest BCUT2D eigenvalue weighted by molar-refractivity contribution is 0.0730. The van der Waals surface area contributed by atoms with Crippen LogP contribution in [0.2, 0.25) is 0 Å². The first-order valence-corrected chi connectivity index (χ1v) is 9.80. The van der Waals surface area contributed by atoms with Gasteiger partial charge in [0.1, 0.15) is 0 Å². The molecule has 2 aromatic rings. The van der Waals surface area contributed by atoms with Crippen molar-refractivity contribution in [1.82, 2.24) is 4.31 Å². The minimum atomic E-state index is -3.61. The molecular weight excluding hydrogens is 362 g/mol. The summed E-state index contributed by atoms with van der Waals surface area (Å²) >= 11 is 1.07. The average Bonchev–Trinajstić information content (AvgIpc) is 3.14. The number of nitriles is 1. The lowest BCUT2D eigenvalue weighted by Crippen LogP contribution is -2.40. The van der Waals surface area contributed by atoms with E-state index in [1.807, 2.05) is 6.07 Å². The number of carbonyl (C=O) groups is 1. The third-order valence-corrected chi connectivity index (χ3v) is 6.63. The zero-order valence-electron chi connectivity index (χ0n) is 13.1. The number of amides is 1. The maximum Gasteiger partial charge on any atom is 0.265 e. The molecule has 0 bridgehead atoms. The summed E-state index contributed by atoms with van der Waals surface area (Å²) in [6.07, 6.45) is 0. The fourth-order valence-electron chi connectivity index (χ4n) is 2.33. The molecule has 7 nitrogen and oxygen atoms in total. The number of anilines is 1. The minimum Gasteiger partial charge on any atom is -0.379 e. The van der Waals surface area contributed by atoms with Crippen molar-refractivity contribution in [1.29, 1.82) is 5.26 Å². The molecule has 0 atom stereocenters. The Morgan fingerprint density at radius 2 is 1.92 bits per heavy atom. The Labute approximate surface area is 149 Å². The summed E-state index contributed by atoms with van der Waals surface area (Å²) in [5, 5.41) is 12.9. The van der Waals surface area contributed by atoms with Gasteiger partial charge in [0.25, 0.3) is 5.91 Å². The summed E-state index contributed by atoms with van der Waals surface area (Å²) in [5.74, 6) is -0.391. The molecule has 3 rings (SSSR count). The molecule has 1 saturated heterocycles. The first-order chi connectivity index (χ1) is 12.0. The fraction of sp³-hybridized carbons (Fsp3) is 0.250. The Balaban J connectivity index is 1.73. The Kier molecular flexibility index (Phi) is 5.15. The van der Waals surface area contributed by atoms with E-state index in [1.54, 1.807) is 24.3 Å². The summed E-state index contributed by atoms with van der Waals surface area (Å²) in [6, 6.07) is 9.81. The zero-order valence-corrected chi connectivity index (χ0v) is 14.8. The standard InChI is InChI=1S/C16H15N3O4S2/c17-10-12-1-3-13(4-2-12)18-16(20)15-9-14(11-24-15)25(21,22)19-5-7-23-8-6-19/h1-4,9,11H,5-8H2,(H,18,20). The molecule has 0 aliphatic carbocycles. The number of morpholine rings is 1. The summed E-state index contributed by atoms with van der Waals surface area (Å²) < 4.78 is 31.7. The van der Waals surface area contributed by atoms with Gasteiger partial charge in [0, 0.05) is 24.2 Å². The molecule has 0 spiro atoms. The second kappa shape index (κ2) is 7.33. The molecule has 1 aromatic carbocycles. The van der Waals surface area contributed by atoms with Gasteiger partial charge in [-0.05, 0) is 30.3 Å². The van der Waals surface area contributed by atoms with Crippen molar-refractivity contribution in [2.24, 2.45) is 0 Å². The maximum absolute atomic E-state index is 12.6. The predicted octanol–water partition coefficient (Wildman–Crippen LogP) is 1.89. The Hall–Kier alpha value is -2.25. The van der Waals surface area contributed by atoms with Gasteiger partial charge in [0.2, 0.25) is 10.0 Å². The lowest BCUT2D eigenvalue weighted by Gasteiger charge is -2.25. The topological polar surface area (TPSA) is 99.5 Å². The number of hydrogen-bond acceptors (Lipinski definition) is 6. The lowest BCUT2D eigenvalue weighted by atomic mass is 10.2. The van der Waals surface area contributed by atoms with Crippen LogP contribution >= 0.6 is 11.3 Å². The van der Waals surface area contributed by atoms with Gasteiger partial charge in [-0.1, -0.05) is 0 Å². The summed E-state index contributed by atoms with van der Waals surface area (Å²) in [4.78, 5) is 12.7. The average molecular weight is 377 g/mol. The van der Waals surface area contributed by atoms with Crippen LogP contribution < -0.4 is 5.32 Å². The van der Waals surface area contributed by atoms with Crippen LogP contribution in [-0.4, -0.2) is 44.9 Å². The van der Waals surface area contributed by atoms with Crippen molar-refractivity contribution in [2.45, 2.75) is 4.90 Å². The van der Waals surface area contributed by atoms with E-state index < -0.39 is 15.9 Å². The monoisotopic (exact) mass is 377 g/mol. The fourth-order valence-corrected chi connectivity index (χ4v) is 4.89. The summed E-state index contributed by atoms with van der Waals surface area (Å²) in [7, 11) is -3.61. The molecular formula is C16H15N3O4S2. The van der Waals surface area contributed by atoms with Gasteiger partial charge in [0.05, 0.1) is 34.6 Å². The molecule has 25 heavy (non-hydrogen) atoms. The number of rotatable bonds is 4. The highest BCUT2D eigenvalue weighted by Crippen LogP contribution is 2.24. The maximum atomic E-state index is 12.6. The van der Waals surface area contributed by atoms with Gasteiger partial charge in [0.15, 0.2) is 0 Å². The van der Waals surface area contributed by atoms with E-state index in [4.69, 9.17) is 10.00 Å². The van der Waals surface area contributed by atoms with Crippen LogP contribution in [-0.2, 0) is 14.8 Å². The number of sulfonamides is 1. The van der Waals surface area contributed by atoms with Gasteiger partial charge >= 0.3 is 0 Å². The molecule has 1 amide bonds. The van der Waals surface area contributed by atoms with E-state index >= 15 is 0 Å². The minimum absolute atomic E-state index is 0.115. The molecule has 1 aliphatic rings. The van der Waals surface area contributed by atoms with Crippen LogP contribution in [0.4, 0.5) is 5.69 Å². The van der Waals surface area contributed by atoms with E-state index in [0.717, 1.165) is 11.3 Å². The van der Waals surface area contributed by atoms with Crippen molar-refractivity contribution in [3.63, 3.8) is 0 Å². The Morgan fingerprint density at radius 1 is 1.24 bits per heavy atom. The van der Waals surface area contributed by atoms with Crippen molar-refractivity contribution < 1.29 is 17.9 Å². The molecule has 1 aliphatic heterocycles. The Bertz CT molecular complexity index is 908. The molecule has 1 N–H and O–H groups in total. The van der Waals surface area contributed by atoms with Gasteiger partial charge < -0.3 is 10.1 Å². The molecule has 130 valence electrons. The number of nitrogens with one attached hydrogen (secondary N) is 1. The SMILES string of the molecule is N#Cc1ccc(NC(=O)c2cc(S(=O)(=O)N3CCOCC3)cs2)cc1. The second-order valence-corrected chi connectivity index (χ2v) is 8.16. The van der Waals surface area contributed by atoms with Crippen molar-refractivity contribution in [3.8, 4) is 6.07 Å². The molecule has 1 aromatic heterocycles. The van der Waals surface area contributed by atoms with Crippen LogP contribution in [0.15, 0.2) is 40.6 Å². The molecule has 2 heterocycles. The molecule has 0 saturated carbocycles. The van der Waals surface area contributed by atoms with Crippen molar-refractivity contribution in [2.75, 3.05) is 31.6 Å². The smallest absolute Gasteiger partial charge is 0.265 e. The first-order valence-electron chi connectivity index (χ1n) is 7.48. The quantitative estimate of drug-likeness (QED) is 0.877. The number of carbonyl (C=O) groups excluding carboxylic acids is 1. The van der Waals surface area contributed by atoms with E-state index in [9.17, 15) is 13.2 Å². The predicted molar refractivity (Wildman–Crippen MR) is 93.0 cm³/mol. The van der Waals surface area contributed by atoms with E-state index in [-0.39, 0.29) is 4.90 Å². The highest BCUT2D eigenvalue weighted by molar-refractivity contribution is 7.89. The van der Waals surface area contributed by atoms with Crippen molar-refractivity contribution >= 4 is 33.0 Å². The zero-order chi connectivity index (χ0) is 17.9. The normalized spacial score (nSPS) is 15.5. The van der Waals surface area contributed by atoms with E-state index in [1.165, 1.54) is 15.8 Å². The first kappa shape index (κ1) is 17.6. The van der Waals surface area contributed by atoms with Gasteiger partial charge in [-0.2, -0.15) is 9.57 Å². The molecule has 9 heteroatoms. The number of hydrogen-bond donors (Lipinski definition) is 1. The highest BCUT2D eigenvalue weighted by Gasteiger charge is 2.28. The number of ether oxygens (including phenoxy) is 1. The van der Waals surface area contributed by atoms with Gasteiger partial charge in [-0.15, -0.1) is 11.3 Å². The van der Waals surface area contributed by atoms with Crippen LogP contribution in [0.25, 0.3) is 0 Å². The van der Waals surface area contributed by atoms with E-state index in [2.05, 4.69) is 5.32 Å². The number of thiophene rings is 1. The van der Waals surface area contributed by atoms with Crippen LogP contribution in [0.5, 0.6) is 0 Å². The van der Waals surface area contributed by atoms with E-state index in [0.29, 0.717) is 42.4 Å². The molecule has 0 unspecified atom stereocenters. The third kappa shape index (κ3) is 3.88.